The lowest BCUT2D eigenvalue weighted by Crippen LogP contribution is -2.25. The van der Waals surface area contributed by atoms with Crippen LogP contribution in [0.4, 0.5) is 4.39 Å². The highest BCUT2D eigenvalue weighted by Gasteiger charge is 2.15. The van der Waals surface area contributed by atoms with Crippen LogP contribution in [0.5, 0.6) is 0 Å². The molecule has 0 aliphatic heterocycles. The molecule has 0 saturated heterocycles. The van der Waals surface area contributed by atoms with Crippen molar-refractivity contribution in [2.24, 2.45) is 7.05 Å². The van der Waals surface area contributed by atoms with Gasteiger partial charge in [-0.15, -0.1) is 0 Å². The zero-order valence-electron chi connectivity index (χ0n) is 9.77. The number of carbonyl (C=O) groups excluding carboxylic acids is 1. The molecule has 0 saturated carbocycles. The minimum atomic E-state index is -0.518. The van der Waals surface area contributed by atoms with Crippen LogP contribution in [-0.4, -0.2) is 34.9 Å². The average molecular weight is 237 g/mol. The summed E-state index contributed by atoms with van der Waals surface area (Å²) in [6.45, 7) is 0. The van der Waals surface area contributed by atoms with Crippen LogP contribution in [0, 0.1) is 5.82 Å². The lowest BCUT2D eigenvalue weighted by Gasteiger charge is -2.13. The van der Waals surface area contributed by atoms with E-state index in [1.54, 1.807) is 19.3 Å². The van der Waals surface area contributed by atoms with Crippen LogP contribution >= 0.6 is 0 Å². The molecule has 1 amide bonds. The van der Waals surface area contributed by atoms with E-state index in [0.717, 1.165) is 11.1 Å². The van der Waals surface area contributed by atoms with Gasteiger partial charge in [0.25, 0.3) is 5.91 Å². The number of aryl methyl sites for hydroxylation is 1. The summed E-state index contributed by atoms with van der Waals surface area (Å²) in [4.78, 5) is 16.5. The van der Waals surface area contributed by atoms with Crippen molar-refractivity contribution >= 4 is 16.8 Å². The minimum Gasteiger partial charge on any atom is -0.274 e. The van der Waals surface area contributed by atoms with Crippen LogP contribution in [-0.2, 0) is 11.9 Å². The fourth-order valence-electron chi connectivity index (χ4n) is 1.60. The first kappa shape index (κ1) is 11.5. The lowest BCUT2D eigenvalue weighted by atomic mass is 10.1. The first-order chi connectivity index (χ1) is 8.02. The van der Waals surface area contributed by atoms with Gasteiger partial charge in [0, 0.05) is 31.2 Å². The van der Waals surface area contributed by atoms with Crippen molar-refractivity contribution in [3.63, 3.8) is 0 Å². The summed E-state index contributed by atoms with van der Waals surface area (Å²) in [5, 5.41) is 5.59. The van der Waals surface area contributed by atoms with E-state index >= 15 is 0 Å². The van der Waals surface area contributed by atoms with Crippen molar-refractivity contribution in [2.75, 3.05) is 14.2 Å². The van der Waals surface area contributed by atoms with E-state index < -0.39 is 11.7 Å². The number of hydrogen-bond acceptors (Lipinski definition) is 3. The Kier molecular flexibility index (Phi) is 2.81. The van der Waals surface area contributed by atoms with E-state index in [9.17, 15) is 9.18 Å². The highest BCUT2D eigenvalue weighted by Crippen LogP contribution is 2.19. The van der Waals surface area contributed by atoms with Gasteiger partial charge in [-0.05, 0) is 12.1 Å². The molecule has 2 aromatic rings. The molecule has 1 aromatic carbocycles. The quantitative estimate of drug-likeness (QED) is 0.741. The molecule has 6 heteroatoms. The van der Waals surface area contributed by atoms with Crippen molar-refractivity contribution < 1.29 is 14.0 Å². The molecule has 0 fully saturated rings. The van der Waals surface area contributed by atoms with Gasteiger partial charge in [-0.25, -0.2) is 9.45 Å². The predicted molar refractivity (Wildman–Crippen MR) is 59.8 cm³/mol. The lowest BCUT2D eigenvalue weighted by molar-refractivity contribution is -0.0757. The number of amides is 1. The molecule has 1 aromatic heterocycles. The molecule has 90 valence electrons. The maximum absolute atomic E-state index is 13.7. The smallest absolute Gasteiger partial charge is 0.274 e. The largest absolute Gasteiger partial charge is 0.277 e. The summed E-state index contributed by atoms with van der Waals surface area (Å²) in [6, 6.07) is 2.75. The molecule has 0 aliphatic carbocycles. The molecule has 0 radical (unpaired) electrons. The Bertz CT molecular complexity index is 579. The Labute approximate surface area is 97.3 Å². The van der Waals surface area contributed by atoms with Crippen LogP contribution in [0.2, 0.25) is 0 Å². The minimum absolute atomic E-state index is 0.229. The van der Waals surface area contributed by atoms with Crippen molar-refractivity contribution in [3.8, 4) is 0 Å². The van der Waals surface area contributed by atoms with Crippen molar-refractivity contribution in [1.29, 1.82) is 0 Å². The van der Waals surface area contributed by atoms with Gasteiger partial charge in [0.2, 0.25) is 0 Å². The molecule has 0 spiro atoms. The molecule has 5 nitrogen and oxygen atoms in total. The topological polar surface area (TPSA) is 47.4 Å². The number of hydroxylamine groups is 2. The fraction of sp³-hybridized carbons (Fsp3) is 0.273. The van der Waals surface area contributed by atoms with Crippen LogP contribution < -0.4 is 0 Å². The number of nitrogens with zero attached hydrogens (tertiary/aromatic N) is 3. The van der Waals surface area contributed by atoms with Crippen LogP contribution in [0.25, 0.3) is 10.9 Å². The summed E-state index contributed by atoms with van der Waals surface area (Å²) in [5.74, 6) is -0.923. The highest BCUT2D eigenvalue weighted by atomic mass is 19.1. The summed E-state index contributed by atoms with van der Waals surface area (Å²) in [5.41, 5.74) is 0.483. The zero-order chi connectivity index (χ0) is 12.6. The number of benzene rings is 1. The molecular formula is C11H12FN3O2. The van der Waals surface area contributed by atoms with Gasteiger partial charge in [0.1, 0.15) is 5.52 Å². The zero-order valence-corrected chi connectivity index (χ0v) is 9.77. The van der Waals surface area contributed by atoms with E-state index in [4.69, 9.17) is 4.84 Å². The molecule has 1 heterocycles. The first-order valence-corrected chi connectivity index (χ1v) is 4.98. The Hall–Kier alpha value is -1.95. The van der Waals surface area contributed by atoms with Crippen molar-refractivity contribution in [2.45, 2.75) is 0 Å². The average Bonchev–Trinajstić information content (AvgIpc) is 2.68. The van der Waals surface area contributed by atoms with Gasteiger partial charge in [0.15, 0.2) is 5.82 Å². The van der Waals surface area contributed by atoms with Crippen molar-refractivity contribution in [3.05, 3.63) is 29.7 Å². The number of carbonyl (C=O) groups is 1. The van der Waals surface area contributed by atoms with Crippen LogP contribution in [0.1, 0.15) is 10.4 Å². The Morgan fingerprint density at radius 2 is 2.24 bits per heavy atom. The van der Waals surface area contributed by atoms with Crippen LogP contribution in [0.3, 0.4) is 0 Å². The molecule has 0 N–H and O–H groups in total. The summed E-state index contributed by atoms with van der Waals surface area (Å²) < 4.78 is 15.2. The molecule has 0 aliphatic rings. The maximum atomic E-state index is 13.7. The molecule has 0 bridgehead atoms. The number of fused-ring (bicyclic) bond motifs is 1. The second-order valence-electron chi connectivity index (χ2n) is 3.68. The summed E-state index contributed by atoms with van der Waals surface area (Å²) >= 11 is 0. The van der Waals surface area contributed by atoms with E-state index in [2.05, 4.69) is 5.10 Å². The fourth-order valence-corrected chi connectivity index (χ4v) is 1.60. The van der Waals surface area contributed by atoms with Gasteiger partial charge in [-0.2, -0.15) is 5.10 Å². The van der Waals surface area contributed by atoms with Gasteiger partial charge in [-0.1, -0.05) is 0 Å². The van der Waals surface area contributed by atoms with Crippen LogP contribution in [0.15, 0.2) is 18.3 Å². The Morgan fingerprint density at radius 1 is 1.53 bits per heavy atom. The number of aromatic nitrogens is 2. The third-order valence-corrected chi connectivity index (χ3v) is 2.48. The Balaban J connectivity index is 2.53. The number of rotatable bonds is 2. The third-order valence-electron chi connectivity index (χ3n) is 2.48. The highest BCUT2D eigenvalue weighted by molar-refractivity contribution is 5.97. The van der Waals surface area contributed by atoms with Gasteiger partial charge >= 0.3 is 0 Å². The Morgan fingerprint density at radius 3 is 2.88 bits per heavy atom. The first-order valence-electron chi connectivity index (χ1n) is 4.98. The van der Waals surface area contributed by atoms with Gasteiger partial charge < -0.3 is 0 Å². The number of halogens is 1. The molecule has 2 rings (SSSR count). The SMILES string of the molecule is CON(C)C(=O)c1cc(F)c2nn(C)cc2c1. The number of hydrogen-bond donors (Lipinski definition) is 0. The van der Waals surface area contributed by atoms with E-state index in [-0.39, 0.29) is 11.1 Å². The summed E-state index contributed by atoms with van der Waals surface area (Å²) in [7, 11) is 4.53. The molecule has 0 unspecified atom stereocenters. The standard InChI is InChI=1S/C11H12FN3O2/c1-14-6-8-4-7(11(16)15(2)17-3)5-9(12)10(8)13-14/h4-6H,1-3H3. The second-order valence-corrected chi connectivity index (χ2v) is 3.68. The van der Waals surface area contributed by atoms with E-state index in [0.29, 0.717) is 5.39 Å². The van der Waals surface area contributed by atoms with E-state index in [1.807, 2.05) is 0 Å². The summed E-state index contributed by atoms with van der Waals surface area (Å²) in [6.07, 6.45) is 1.65. The predicted octanol–water partition coefficient (Wildman–Crippen LogP) is 1.35. The van der Waals surface area contributed by atoms with Crippen molar-refractivity contribution in [1.82, 2.24) is 14.8 Å². The monoisotopic (exact) mass is 237 g/mol. The molecule has 17 heavy (non-hydrogen) atoms. The maximum Gasteiger partial charge on any atom is 0.277 e. The normalized spacial score (nSPS) is 10.8. The van der Waals surface area contributed by atoms with Gasteiger partial charge in [0.05, 0.1) is 7.11 Å². The second kappa shape index (κ2) is 4.14. The molecular weight excluding hydrogens is 225 g/mol. The van der Waals surface area contributed by atoms with Gasteiger partial charge in [-0.3, -0.25) is 14.3 Å². The molecule has 0 atom stereocenters. The van der Waals surface area contributed by atoms with E-state index in [1.165, 1.54) is 18.8 Å². The third kappa shape index (κ3) is 1.99.